The Balaban J connectivity index is 2.14. The van der Waals surface area contributed by atoms with Gasteiger partial charge in [0.25, 0.3) is 0 Å². The van der Waals surface area contributed by atoms with E-state index in [0.29, 0.717) is 0 Å². The first-order chi connectivity index (χ1) is 10.8. The van der Waals surface area contributed by atoms with Crippen molar-refractivity contribution in [2.45, 2.75) is 0 Å². The fourth-order valence-corrected chi connectivity index (χ4v) is 3.75. The van der Waals surface area contributed by atoms with Gasteiger partial charge in [-0.05, 0) is 45.9 Å². The number of hydrogen-bond acceptors (Lipinski definition) is 1. The van der Waals surface area contributed by atoms with E-state index in [0.717, 1.165) is 37.6 Å². The summed E-state index contributed by atoms with van der Waals surface area (Å²) in [5, 5.41) is 2.42. The van der Waals surface area contributed by atoms with Crippen molar-refractivity contribution in [2.24, 2.45) is 0 Å². The van der Waals surface area contributed by atoms with Crippen LogP contribution < -0.4 is 0 Å². The standard InChI is InChI=1S/C19H12INO/c20-19-12(11-22)5-3-8-14(19)13-7-4-10-17-18(13)15-6-1-2-9-16(15)21-17/h1-11,21H. The summed E-state index contributed by atoms with van der Waals surface area (Å²) in [7, 11) is 0. The Morgan fingerprint density at radius 3 is 2.41 bits per heavy atom. The normalized spacial score (nSPS) is 11.1. The number of H-pyrrole nitrogens is 1. The zero-order valence-electron chi connectivity index (χ0n) is 11.6. The molecule has 0 spiro atoms. The van der Waals surface area contributed by atoms with E-state index in [1.165, 1.54) is 10.8 Å². The summed E-state index contributed by atoms with van der Waals surface area (Å²) in [5.74, 6) is 0. The molecular weight excluding hydrogens is 385 g/mol. The summed E-state index contributed by atoms with van der Waals surface area (Å²) in [6.45, 7) is 0. The smallest absolute Gasteiger partial charge is 0.151 e. The highest BCUT2D eigenvalue weighted by Crippen LogP contribution is 2.36. The highest BCUT2D eigenvalue weighted by Gasteiger charge is 2.13. The molecule has 22 heavy (non-hydrogen) atoms. The lowest BCUT2D eigenvalue weighted by molar-refractivity contribution is 0.112. The number of benzene rings is 3. The van der Waals surface area contributed by atoms with Crippen LogP contribution in [0.3, 0.4) is 0 Å². The van der Waals surface area contributed by atoms with Crippen molar-refractivity contribution >= 4 is 50.7 Å². The molecule has 0 unspecified atom stereocenters. The molecule has 0 fully saturated rings. The van der Waals surface area contributed by atoms with Crippen LogP contribution in [0.25, 0.3) is 32.9 Å². The van der Waals surface area contributed by atoms with Crippen LogP contribution in [0.2, 0.25) is 0 Å². The van der Waals surface area contributed by atoms with E-state index < -0.39 is 0 Å². The molecule has 3 aromatic carbocycles. The number of carbonyl (C=O) groups excluding carboxylic acids is 1. The van der Waals surface area contributed by atoms with E-state index in [4.69, 9.17) is 0 Å². The number of para-hydroxylation sites is 1. The lowest BCUT2D eigenvalue weighted by Crippen LogP contribution is -1.90. The van der Waals surface area contributed by atoms with Crippen molar-refractivity contribution in [1.82, 2.24) is 4.98 Å². The fraction of sp³-hybridized carbons (Fsp3) is 0. The zero-order valence-corrected chi connectivity index (χ0v) is 13.8. The maximum absolute atomic E-state index is 11.2. The molecule has 1 N–H and O–H groups in total. The van der Waals surface area contributed by atoms with Gasteiger partial charge in [-0.3, -0.25) is 4.79 Å². The van der Waals surface area contributed by atoms with Gasteiger partial charge in [-0.2, -0.15) is 0 Å². The Hall–Kier alpha value is -2.14. The summed E-state index contributed by atoms with van der Waals surface area (Å²) in [5.41, 5.74) is 5.23. The number of nitrogens with one attached hydrogen (secondary N) is 1. The Morgan fingerprint density at radius 1 is 0.818 bits per heavy atom. The van der Waals surface area contributed by atoms with Crippen LogP contribution in [0.4, 0.5) is 0 Å². The molecule has 4 aromatic rings. The molecule has 3 heteroatoms. The molecule has 1 aromatic heterocycles. The average molecular weight is 397 g/mol. The number of rotatable bonds is 2. The third-order valence-electron chi connectivity index (χ3n) is 3.98. The van der Waals surface area contributed by atoms with Crippen LogP contribution in [0.5, 0.6) is 0 Å². The quantitative estimate of drug-likeness (QED) is 0.356. The Bertz CT molecular complexity index is 1020. The first-order valence-electron chi connectivity index (χ1n) is 7.03. The molecule has 0 aliphatic rings. The SMILES string of the molecule is O=Cc1cccc(-c2cccc3[nH]c4ccccc4c23)c1I. The second-order valence-corrected chi connectivity index (χ2v) is 6.30. The molecule has 0 atom stereocenters. The van der Waals surface area contributed by atoms with E-state index in [1.807, 2.05) is 18.2 Å². The Kier molecular flexibility index (Phi) is 3.22. The van der Waals surface area contributed by atoms with Gasteiger partial charge in [0.1, 0.15) is 0 Å². The first kappa shape index (κ1) is 13.5. The van der Waals surface area contributed by atoms with Crippen molar-refractivity contribution in [1.29, 1.82) is 0 Å². The second kappa shape index (κ2) is 5.25. The minimum atomic E-state index is 0.731. The van der Waals surface area contributed by atoms with Gasteiger partial charge in [0, 0.05) is 30.9 Å². The van der Waals surface area contributed by atoms with Gasteiger partial charge < -0.3 is 4.98 Å². The molecule has 2 nitrogen and oxygen atoms in total. The maximum atomic E-state index is 11.2. The van der Waals surface area contributed by atoms with Crippen LogP contribution in [0.15, 0.2) is 60.7 Å². The summed E-state index contributed by atoms with van der Waals surface area (Å²) in [6.07, 6.45) is 0.917. The van der Waals surface area contributed by atoms with Crippen molar-refractivity contribution in [3.63, 3.8) is 0 Å². The lowest BCUT2D eigenvalue weighted by Gasteiger charge is -2.08. The predicted molar refractivity (Wildman–Crippen MR) is 99.3 cm³/mol. The van der Waals surface area contributed by atoms with Gasteiger partial charge >= 0.3 is 0 Å². The van der Waals surface area contributed by atoms with Crippen LogP contribution in [0.1, 0.15) is 10.4 Å². The molecule has 0 saturated carbocycles. The topological polar surface area (TPSA) is 32.9 Å². The molecule has 0 aliphatic carbocycles. The van der Waals surface area contributed by atoms with E-state index in [-0.39, 0.29) is 0 Å². The third kappa shape index (κ3) is 1.96. The summed E-state index contributed by atoms with van der Waals surface area (Å²) in [4.78, 5) is 14.7. The van der Waals surface area contributed by atoms with Gasteiger partial charge in [-0.15, -0.1) is 0 Å². The van der Waals surface area contributed by atoms with Crippen LogP contribution in [0, 0.1) is 3.57 Å². The zero-order chi connectivity index (χ0) is 15.1. The fourth-order valence-electron chi connectivity index (χ4n) is 2.98. The molecule has 0 aliphatic heterocycles. The average Bonchev–Trinajstić information content (AvgIpc) is 2.94. The number of aldehydes is 1. The monoisotopic (exact) mass is 397 g/mol. The molecule has 106 valence electrons. The predicted octanol–water partition coefficient (Wildman–Crippen LogP) is 5.41. The van der Waals surface area contributed by atoms with Crippen molar-refractivity contribution in [2.75, 3.05) is 0 Å². The number of halogens is 1. The Morgan fingerprint density at radius 2 is 1.55 bits per heavy atom. The molecule has 0 saturated heterocycles. The highest BCUT2D eigenvalue weighted by molar-refractivity contribution is 14.1. The number of fused-ring (bicyclic) bond motifs is 3. The summed E-state index contributed by atoms with van der Waals surface area (Å²) < 4.78 is 0.993. The first-order valence-corrected chi connectivity index (χ1v) is 8.11. The van der Waals surface area contributed by atoms with E-state index in [9.17, 15) is 4.79 Å². The van der Waals surface area contributed by atoms with E-state index in [2.05, 4.69) is 70.0 Å². The van der Waals surface area contributed by atoms with E-state index in [1.54, 1.807) is 0 Å². The van der Waals surface area contributed by atoms with Crippen molar-refractivity contribution in [3.8, 4) is 11.1 Å². The van der Waals surface area contributed by atoms with Crippen LogP contribution >= 0.6 is 22.6 Å². The van der Waals surface area contributed by atoms with Crippen molar-refractivity contribution < 1.29 is 4.79 Å². The minimum absolute atomic E-state index is 0.731. The van der Waals surface area contributed by atoms with Gasteiger partial charge in [-0.1, -0.05) is 48.5 Å². The number of aromatic nitrogens is 1. The Labute approximate surface area is 141 Å². The second-order valence-electron chi connectivity index (χ2n) is 5.23. The molecule has 0 radical (unpaired) electrons. The van der Waals surface area contributed by atoms with E-state index >= 15 is 0 Å². The van der Waals surface area contributed by atoms with Crippen molar-refractivity contribution in [3.05, 3.63) is 69.8 Å². The van der Waals surface area contributed by atoms with Gasteiger partial charge in [0.2, 0.25) is 0 Å². The highest BCUT2D eigenvalue weighted by atomic mass is 127. The molecule has 4 rings (SSSR count). The summed E-state index contributed by atoms with van der Waals surface area (Å²) >= 11 is 2.26. The minimum Gasteiger partial charge on any atom is -0.354 e. The lowest BCUT2D eigenvalue weighted by atomic mass is 9.98. The molecule has 0 bridgehead atoms. The van der Waals surface area contributed by atoms with Crippen LogP contribution in [-0.2, 0) is 0 Å². The van der Waals surface area contributed by atoms with Crippen LogP contribution in [-0.4, -0.2) is 11.3 Å². The van der Waals surface area contributed by atoms with Gasteiger partial charge in [0.05, 0.1) is 0 Å². The number of carbonyl (C=O) groups is 1. The number of aromatic amines is 1. The van der Waals surface area contributed by atoms with Gasteiger partial charge in [-0.25, -0.2) is 0 Å². The molecule has 1 heterocycles. The largest absolute Gasteiger partial charge is 0.354 e. The number of hydrogen-bond donors (Lipinski definition) is 1. The maximum Gasteiger partial charge on any atom is 0.151 e. The summed E-state index contributed by atoms with van der Waals surface area (Å²) in [6, 6.07) is 20.4. The molecule has 0 amide bonds. The molecular formula is C19H12INO. The van der Waals surface area contributed by atoms with Gasteiger partial charge in [0.15, 0.2) is 6.29 Å². The third-order valence-corrected chi connectivity index (χ3v) is 5.18.